The molecule has 0 nitrogen and oxygen atoms in total. The van der Waals surface area contributed by atoms with E-state index in [0.29, 0.717) is 10.8 Å². The maximum atomic E-state index is 6.21. The van der Waals surface area contributed by atoms with Crippen molar-refractivity contribution in [3.63, 3.8) is 0 Å². The average Bonchev–Trinajstić information content (AvgIpc) is 2.77. The van der Waals surface area contributed by atoms with Gasteiger partial charge >= 0.3 is 0 Å². The minimum atomic E-state index is 0.476. The third-order valence-electron chi connectivity index (χ3n) is 3.81. The normalized spacial score (nSPS) is 41.2. The topological polar surface area (TPSA) is 0 Å². The second-order valence-electron chi connectivity index (χ2n) is 5.30. The molecule has 0 spiro atoms. The van der Waals surface area contributed by atoms with Crippen molar-refractivity contribution in [2.24, 2.45) is 17.3 Å². The van der Waals surface area contributed by atoms with Crippen LogP contribution in [0.5, 0.6) is 0 Å². The number of hydrogen-bond acceptors (Lipinski definition) is 0. The van der Waals surface area contributed by atoms with E-state index in [4.69, 9.17) is 11.6 Å². The van der Waals surface area contributed by atoms with Crippen LogP contribution in [0.25, 0.3) is 0 Å². The van der Waals surface area contributed by atoms with Crippen LogP contribution in [-0.2, 0) is 0 Å². The monoisotopic (exact) mass is 186 g/mol. The van der Waals surface area contributed by atoms with Gasteiger partial charge in [-0.2, -0.15) is 0 Å². The average molecular weight is 187 g/mol. The molecule has 2 atom stereocenters. The smallest absolute Gasteiger partial charge is 0.0339 e. The fourth-order valence-corrected chi connectivity index (χ4v) is 3.06. The quantitative estimate of drug-likeness (QED) is 0.546. The summed E-state index contributed by atoms with van der Waals surface area (Å²) < 4.78 is 0. The third-order valence-corrected chi connectivity index (χ3v) is 4.20. The standard InChI is InChI=1S/C11H19Cl/c1-11(2)6-5-9(12)7-10(11)8-3-4-8/h8-10H,3-7H2,1-2H3. The Morgan fingerprint density at radius 2 is 1.83 bits per heavy atom. The largest absolute Gasteiger partial charge is 0.123 e. The highest BCUT2D eigenvalue weighted by Gasteiger charge is 2.44. The zero-order chi connectivity index (χ0) is 8.77. The van der Waals surface area contributed by atoms with E-state index in [0.717, 1.165) is 11.8 Å². The third kappa shape index (κ3) is 1.64. The lowest BCUT2D eigenvalue weighted by molar-refractivity contribution is 0.120. The van der Waals surface area contributed by atoms with Gasteiger partial charge in [0.1, 0.15) is 0 Å². The van der Waals surface area contributed by atoms with Crippen LogP contribution in [0.3, 0.4) is 0 Å². The molecule has 2 fully saturated rings. The second-order valence-corrected chi connectivity index (χ2v) is 5.92. The van der Waals surface area contributed by atoms with Gasteiger partial charge in [-0.1, -0.05) is 13.8 Å². The zero-order valence-corrected chi connectivity index (χ0v) is 8.90. The van der Waals surface area contributed by atoms with E-state index in [9.17, 15) is 0 Å². The van der Waals surface area contributed by atoms with Crippen LogP contribution in [0, 0.1) is 17.3 Å². The molecule has 2 rings (SSSR count). The summed E-state index contributed by atoms with van der Waals surface area (Å²) in [5.74, 6) is 1.95. The molecule has 0 saturated heterocycles. The van der Waals surface area contributed by atoms with E-state index in [1.54, 1.807) is 0 Å². The number of halogens is 1. The van der Waals surface area contributed by atoms with Crippen molar-refractivity contribution in [2.75, 3.05) is 0 Å². The Hall–Kier alpha value is 0.290. The first-order valence-corrected chi connectivity index (χ1v) is 5.67. The highest BCUT2D eigenvalue weighted by atomic mass is 35.5. The summed E-state index contributed by atoms with van der Waals surface area (Å²) in [6.07, 6.45) is 6.79. The van der Waals surface area contributed by atoms with Crippen LogP contribution in [0.4, 0.5) is 0 Å². The minimum absolute atomic E-state index is 0.476. The first-order valence-electron chi connectivity index (χ1n) is 5.24. The Labute approximate surface area is 80.7 Å². The summed E-state index contributed by atoms with van der Waals surface area (Å²) in [5, 5.41) is 0.476. The van der Waals surface area contributed by atoms with Gasteiger partial charge in [0.05, 0.1) is 0 Å². The molecule has 0 radical (unpaired) electrons. The number of rotatable bonds is 1. The fraction of sp³-hybridized carbons (Fsp3) is 1.00. The van der Waals surface area contributed by atoms with Gasteiger partial charge in [0.2, 0.25) is 0 Å². The van der Waals surface area contributed by atoms with E-state index in [1.807, 2.05) is 0 Å². The molecule has 2 saturated carbocycles. The SMILES string of the molecule is CC1(C)CCC(Cl)CC1C1CC1. The zero-order valence-electron chi connectivity index (χ0n) is 8.15. The molecule has 0 heterocycles. The van der Waals surface area contributed by atoms with E-state index >= 15 is 0 Å². The molecule has 0 amide bonds. The molecule has 0 aromatic heterocycles. The molecular formula is C11H19Cl. The highest BCUT2D eigenvalue weighted by molar-refractivity contribution is 6.20. The van der Waals surface area contributed by atoms with E-state index in [2.05, 4.69) is 13.8 Å². The van der Waals surface area contributed by atoms with Crippen molar-refractivity contribution in [3.05, 3.63) is 0 Å². The van der Waals surface area contributed by atoms with Crippen molar-refractivity contribution in [1.29, 1.82) is 0 Å². The van der Waals surface area contributed by atoms with Crippen LogP contribution in [0.2, 0.25) is 0 Å². The van der Waals surface area contributed by atoms with Crippen LogP contribution < -0.4 is 0 Å². The van der Waals surface area contributed by atoms with E-state index in [1.165, 1.54) is 32.1 Å². The lowest BCUT2D eigenvalue weighted by Gasteiger charge is -2.41. The molecule has 2 aliphatic carbocycles. The molecule has 0 aromatic rings. The first kappa shape index (κ1) is 8.87. The van der Waals surface area contributed by atoms with Crippen LogP contribution >= 0.6 is 11.6 Å². The van der Waals surface area contributed by atoms with Gasteiger partial charge in [0.25, 0.3) is 0 Å². The maximum absolute atomic E-state index is 6.21. The Morgan fingerprint density at radius 1 is 1.17 bits per heavy atom. The molecule has 0 bridgehead atoms. The first-order chi connectivity index (χ1) is 5.59. The Balaban J connectivity index is 2.04. The van der Waals surface area contributed by atoms with Crippen molar-refractivity contribution in [2.45, 2.75) is 51.3 Å². The van der Waals surface area contributed by atoms with Gasteiger partial charge in [-0.3, -0.25) is 0 Å². The summed E-state index contributed by atoms with van der Waals surface area (Å²) in [6.45, 7) is 4.86. The molecular weight excluding hydrogens is 168 g/mol. The maximum Gasteiger partial charge on any atom is 0.0339 e. The van der Waals surface area contributed by atoms with Gasteiger partial charge < -0.3 is 0 Å². The lowest BCUT2D eigenvalue weighted by Crippen LogP contribution is -2.33. The molecule has 70 valence electrons. The molecule has 12 heavy (non-hydrogen) atoms. The molecule has 0 aliphatic heterocycles. The van der Waals surface area contributed by atoms with Crippen molar-refractivity contribution in [1.82, 2.24) is 0 Å². The highest BCUT2D eigenvalue weighted by Crippen LogP contribution is 2.53. The van der Waals surface area contributed by atoms with Gasteiger partial charge in [0, 0.05) is 5.38 Å². The van der Waals surface area contributed by atoms with Gasteiger partial charge in [-0.25, -0.2) is 0 Å². The summed E-state index contributed by atoms with van der Waals surface area (Å²) >= 11 is 6.21. The summed E-state index contributed by atoms with van der Waals surface area (Å²) in [6, 6.07) is 0. The van der Waals surface area contributed by atoms with E-state index in [-0.39, 0.29) is 0 Å². The van der Waals surface area contributed by atoms with Crippen LogP contribution in [-0.4, -0.2) is 5.38 Å². The Morgan fingerprint density at radius 3 is 2.42 bits per heavy atom. The Kier molecular flexibility index (Phi) is 2.15. The minimum Gasteiger partial charge on any atom is -0.123 e. The molecule has 1 heteroatoms. The number of hydrogen-bond donors (Lipinski definition) is 0. The second kappa shape index (κ2) is 2.90. The Bertz CT molecular complexity index is 170. The lowest BCUT2D eigenvalue weighted by atomic mass is 9.66. The number of alkyl halides is 1. The molecule has 0 N–H and O–H groups in total. The summed E-state index contributed by atoms with van der Waals surface area (Å²) in [4.78, 5) is 0. The van der Waals surface area contributed by atoms with Crippen LogP contribution in [0.1, 0.15) is 46.0 Å². The van der Waals surface area contributed by atoms with E-state index < -0.39 is 0 Å². The van der Waals surface area contributed by atoms with Crippen LogP contribution in [0.15, 0.2) is 0 Å². The van der Waals surface area contributed by atoms with Gasteiger partial charge in [-0.15, -0.1) is 11.6 Å². The van der Waals surface area contributed by atoms with Gasteiger partial charge in [0.15, 0.2) is 0 Å². The van der Waals surface area contributed by atoms with Gasteiger partial charge in [-0.05, 0) is 49.4 Å². The van der Waals surface area contributed by atoms with Crippen molar-refractivity contribution >= 4 is 11.6 Å². The molecule has 2 aliphatic rings. The molecule has 2 unspecified atom stereocenters. The summed E-state index contributed by atoms with van der Waals surface area (Å²) in [5.41, 5.74) is 0.576. The fourth-order valence-electron chi connectivity index (χ4n) is 2.76. The predicted octanol–water partition coefficient (Wildman–Crippen LogP) is 3.83. The summed E-state index contributed by atoms with van der Waals surface area (Å²) in [7, 11) is 0. The molecule has 0 aromatic carbocycles. The predicted molar refractivity (Wildman–Crippen MR) is 53.5 cm³/mol. The van der Waals surface area contributed by atoms with Crippen molar-refractivity contribution in [3.8, 4) is 0 Å². The van der Waals surface area contributed by atoms with Crippen molar-refractivity contribution < 1.29 is 0 Å².